The van der Waals surface area contributed by atoms with Crippen LogP contribution in [0.3, 0.4) is 0 Å². The van der Waals surface area contributed by atoms with Crippen molar-refractivity contribution in [2.75, 3.05) is 39.5 Å². The molecule has 1 heterocycles. The highest BCUT2D eigenvalue weighted by molar-refractivity contribution is 14.0. The molecule has 3 N–H and O–H groups in total. The molecule has 1 aliphatic carbocycles. The van der Waals surface area contributed by atoms with Crippen LogP contribution >= 0.6 is 24.0 Å². The Labute approximate surface area is 173 Å². The van der Waals surface area contributed by atoms with Crippen molar-refractivity contribution in [1.82, 2.24) is 15.5 Å². The second-order valence-electron chi connectivity index (χ2n) is 7.24. The smallest absolute Gasteiger partial charge is 0.225 e. The van der Waals surface area contributed by atoms with Crippen molar-refractivity contribution < 1.29 is 4.79 Å². The first-order chi connectivity index (χ1) is 12.1. The molecule has 1 aliphatic heterocycles. The number of likely N-dealkylation sites (N-methyl/N-ethyl adjacent to an activating group) is 1. The molecule has 0 spiro atoms. The van der Waals surface area contributed by atoms with E-state index in [0.29, 0.717) is 19.0 Å². The number of anilines is 1. The summed E-state index contributed by atoms with van der Waals surface area (Å²) in [7, 11) is 6.06. The minimum Gasteiger partial charge on any atom is -0.356 e. The van der Waals surface area contributed by atoms with Crippen LogP contribution < -0.4 is 16.0 Å². The monoisotopic (exact) mass is 471 g/mol. The number of halogens is 1. The van der Waals surface area contributed by atoms with Gasteiger partial charge in [-0.05, 0) is 44.5 Å². The van der Waals surface area contributed by atoms with Crippen LogP contribution in [0.25, 0.3) is 0 Å². The number of carbonyl (C=O) groups is 1. The summed E-state index contributed by atoms with van der Waals surface area (Å²) in [5.74, 6) is 1.84. The highest BCUT2D eigenvalue weighted by Crippen LogP contribution is 2.34. The molecule has 2 aliphatic rings. The van der Waals surface area contributed by atoms with Crippen LogP contribution in [0.5, 0.6) is 0 Å². The maximum absolute atomic E-state index is 11.9. The summed E-state index contributed by atoms with van der Waals surface area (Å²) in [6.45, 7) is 1.58. The molecular weight excluding hydrogens is 441 g/mol. The Kier molecular flexibility index (Phi) is 7.69. The van der Waals surface area contributed by atoms with Crippen LogP contribution in [0.2, 0.25) is 0 Å². The summed E-state index contributed by atoms with van der Waals surface area (Å²) in [4.78, 5) is 18.6. The second-order valence-corrected chi connectivity index (χ2v) is 7.24. The molecule has 1 aromatic carbocycles. The van der Waals surface area contributed by atoms with Crippen molar-refractivity contribution in [2.24, 2.45) is 10.9 Å². The largest absolute Gasteiger partial charge is 0.356 e. The fraction of sp³-hybridized carbons (Fsp3) is 0.579. The Bertz CT molecular complexity index is 643. The third-order valence-corrected chi connectivity index (χ3v) is 5.15. The predicted octanol–water partition coefficient (Wildman–Crippen LogP) is 2.24. The second kappa shape index (κ2) is 9.55. The molecule has 144 valence electrons. The van der Waals surface area contributed by atoms with Crippen molar-refractivity contribution in [2.45, 2.75) is 31.2 Å². The van der Waals surface area contributed by atoms with Crippen molar-refractivity contribution in [3.05, 3.63) is 29.8 Å². The van der Waals surface area contributed by atoms with E-state index < -0.39 is 0 Å². The zero-order valence-electron chi connectivity index (χ0n) is 15.8. The Morgan fingerprint density at radius 3 is 2.69 bits per heavy atom. The van der Waals surface area contributed by atoms with Gasteiger partial charge in [0.05, 0.1) is 0 Å². The van der Waals surface area contributed by atoms with E-state index >= 15 is 0 Å². The predicted molar refractivity (Wildman–Crippen MR) is 117 cm³/mol. The van der Waals surface area contributed by atoms with Crippen LogP contribution in [0.1, 0.15) is 30.7 Å². The molecule has 1 aromatic rings. The zero-order chi connectivity index (χ0) is 17.8. The number of benzene rings is 1. The number of fused-ring (bicyclic) bond motifs is 1. The number of para-hydroxylation sites is 1. The van der Waals surface area contributed by atoms with E-state index in [1.165, 1.54) is 18.4 Å². The van der Waals surface area contributed by atoms with Crippen molar-refractivity contribution in [3.63, 3.8) is 0 Å². The van der Waals surface area contributed by atoms with E-state index in [0.717, 1.165) is 24.1 Å². The van der Waals surface area contributed by atoms with Crippen LogP contribution in [-0.4, -0.2) is 57.0 Å². The summed E-state index contributed by atoms with van der Waals surface area (Å²) < 4.78 is 0. The maximum atomic E-state index is 11.9. The standard InChI is InChI=1S/C19H29N5O.HI/c1-20-19(22-12-17(24(2)3)13-8-9-13)21-11-14-10-18(25)23-16-7-5-4-6-15(14)16;/h4-7,13-14,17H,8-12H2,1-3H3,(H,23,25)(H2,20,21,22);1H. The van der Waals surface area contributed by atoms with Crippen molar-refractivity contribution in [3.8, 4) is 0 Å². The lowest BCUT2D eigenvalue weighted by Gasteiger charge is -2.28. The zero-order valence-corrected chi connectivity index (χ0v) is 18.1. The van der Waals surface area contributed by atoms with Crippen LogP contribution in [-0.2, 0) is 4.79 Å². The van der Waals surface area contributed by atoms with Gasteiger partial charge in [-0.3, -0.25) is 9.79 Å². The van der Waals surface area contributed by atoms with E-state index in [4.69, 9.17) is 0 Å². The molecule has 0 radical (unpaired) electrons. The van der Waals surface area contributed by atoms with E-state index in [1.807, 2.05) is 18.2 Å². The van der Waals surface area contributed by atoms with Gasteiger partial charge in [-0.15, -0.1) is 24.0 Å². The van der Waals surface area contributed by atoms with Gasteiger partial charge < -0.3 is 20.9 Å². The third kappa shape index (κ3) is 5.33. The molecule has 0 aromatic heterocycles. The van der Waals surface area contributed by atoms with E-state index in [9.17, 15) is 4.79 Å². The highest BCUT2D eigenvalue weighted by Gasteiger charge is 2.32. The number of hydrogen-bond acceptors (Lipinski definition) is 3. The van der Waals surface area contributed by atoms with Crippen LogP contribution in [0, 0.1) is 5.92 Å². The Balaban J connectivity index is 0.00000243. The number of guanidine groups is 1. The molecule has 1 fully saturated rings. The van der Waals surface area contributed by atoms with Gasteiger partial charge in [-0.25, -0.2) is 0 Å². The maximum Gasteiger partial charge on any atom is 0.225 e. The van der Waals surface area contributed by atoms with Crippen molar-refractivity contribution >= 4 is 41.5 Å². The molecule has 1 saturated carbocycles. The number of amides is 1. The molecule has 0 saturated heterocycles. The summed E-state index contributed by atoms with van der Waals surface area (Å²) in [5, 5.41) is 9.78. The lowest BCUT2D eigenvalue weighted by atomic mass is 9.90. The SMILES string of the molecule is CN=C(NCC1CC(=O)Nc2ccccc21)NCC(C1CC1)N(C)C.I. The van der Waals surface area contributed by atoms with Gasteiger partial charge in [0.25, 0.3) is 0 Å². The minimum absolute atomic E-state index is 0. The van der Waals surface area contributed by atoms with Crippen LogP contribution in [0.15, 0.2) is 29.3 Å². The molecule has 1 amide bonds. The van der Waals surface area contributed by atoms with E-state index in [1.54, 1.807) is 7.05 Å². The lowest BCUT2D eigenvalue weighted by Crippen LogP contribution is -2.47. The number of nitrogens with zero attached hydrogens (tertiary/aromatic N) is 2. The molecule has 3 rings (SSSR count). The Morgan fingerprint density at radius 2 is 2.04 bits per heavy atom. The van der Waals surface area contributed by atoms with Crippen molar-refractivity contribution in [1.29, 1.82) is 0 Å². The van der Waals surface area contributed by atoms with Gasteiger partial charge in [-0.1, -0.05) is 18.2 Å². The quantitative estimate of drug-likeness (QED) is 0.338. The molecule has 0 bridgehead atoms. The summed E-state index contributed by atoms with van der Waals surface area (Å²) >= 11 is 0. The molecule has 26 heavy (non-hydrogen) atoms. The number of nitrogens with one attached hydrogen (secondary N) is 3. The van der Waals surface area contributed by atoms with Gasteiger partial charge in [0.2, 0.25) is 5.91 Å². The average molecular weight is 471 g/mol. The summed E-state index contributed by atoms with van der Waals surface area (Å²) in [5.41, 5.74) is 2.11. The normalized spacial score (nSPS) is 20.7. The number of rotatable bonds is 6. The van der Waals surface area contributed by atoms with Gasteiger partial charge in [0.1, 0.15) is 0 Å². The molecule has 2 atom stereocenters. The summed E-state index contributed by atoms with van der Waals surface area (Å²) in [6.07, 6.45) is 3.15. The number of aliphatic imine (C=N–C) groups is 1. The molecular formula is C19H30IN5O. The fourth-order valence-corrected chi connectivity index (χ4v) is 3.58. The van der Waals surface area contributed by atoms with E-state index in [2.05, 4.69) is 46.0 Å². The Hall–Kier alpha value is -1.35. The number of carbonyl (C=O) groups excluding carboxylic acids is 1. The van der Waals surface area contributed by atoms with Crippen LogP contribution in [0.4, 0.5) is 5.69 Å². The first kappa shape index (κ1) is 21.0. The first-order valence-electron chi connectivity index (χ1n) is 9.08. The average Bonchev–Trinajstić information content (AvgIpc) is 3.42. The molecule has 6 nitrogen and oxygen atoms in total. The van der Waals surface area contributed by atoms with Gasteiger partial charge in [-0.2, -0.15) is 0 Å². The third-order valence-electron chi connectivity index (χ3n) is 5.15. The Morgan fingerprint density at radius 1 is 1.31 bits per heavy atom. The van der Waals surface area contributed by atoms with E-state index in [-0.39, 0.29) is 35.8 Å². The topological polar surface area (TPSA) is 68.8 Å². The molecule has 7 heteroatoms. The fourth-order valence-electron chi connectivity index (χ4n) is 3.58. The van der Waals surface area contributed by atoms with Gasteiger partial charge in [0.15, 0.2) is 5.96 Å². The molecule has 2 unspecified atom stereocenters. The first-order valence-corrected chi connectivity index (χ1v) is 9.08. The summed E-state index contributed by atoms with van der Waals surface area (Å²) in [6, 6.07) is 8.57. The van der Waals surface area contributed by atoms with Gasteiger partial charge >= 0.3 is 0 Å². The van der Waals surface area contributed by atoms with Gasteiger partial charge in [0, 0.05) is 44.2 Å². The lowest BCUT2D eigenvalue weighted by molar-refractivity contribution is -0.116. The highest BCUT2D eigenvalue weighted by atomic mass is 127. The minimum atomic E-state index is 0. The number of hydrogen-bond donors (Lipinski definition) is 3.